The van der Waals surface area contributed by atoms with Crippen LogP contribution in [0.3, 0.4) is 0 Å². The Balaban J connectivity index is 1.30. The maximum atomic E-state index is 13.0. The van der Waals surface area contributed by atoms with Crippen LogP contribution >= 0.6 is 11.6 Å². The van der Waals surface area contributed by atoms with E-state index in [0.29, 0.717) is 29.4 Å². The Morgan fingerprint density at radius 3 is 2.32 bits per heavy atom. The first kappa shape index (κ1) is 26.8. The summed E-state index contributed by atoms with van der Waals surface area (Å²) in [5.41, 5.74) is 1.92. The lowest BCUT2D eigenvalue weighted by atomic mass is 9.96. The Morgan fingerprint density at radius 1 is 1.05 bits per heavy atom. The van der Waals surface area contributed by atoms with Crippen molar-refractivity contribution in [2.24, 2.45) is 5.92 Å². The van der Waals surface area contributed by atoms with Crippen molar-refractivity contribution in [3.05, 3.63) is 69.6 Å². The van der Waals surface area contributed by atoms with E-state index in [4.69, 9.17) is 11.6 Å². The molecule has 10 heteroatoms. The van der Waals surface area contributed by atoms with Gasteiger partial charge in [0.25, 0.3) is 0 Å². The lowest BCUT2D eigenvalue weighted by Crippen LogP contribution is -2.42. The molecule has 0 bridgehead atoms. The van der Waals surface area contributed by atoms with E-state index in [2.05, 4.69) is 15.5 Å². The smallest absolute Gasteiger partial charge is 0.405 e. The van der Waals surface area contributed by atoms with E-state index in [1.54, 1.807) is 22.8 Å². The summed E-state index contributed by atoms with van der Waals surface area (Å²) in [6.45, 7) is 6.87. The standard InChI is InChI=1S/C27H34ClN5O4/c1-18(2)32-23-5-3-4-6-24(23)33(27(32)37)25(34)29-17-19-11-14-31(15-12-19)16-13-22(30-26(35)36)20-7-9-21(28)10-8-20/h3-10,18-19,22,30H,11-17H2,1-2H3,(H,29,34)(H,35,36). The van der Waals surface area contributed by atoms with Gasteiger partial charge in [0.05, 0.1) is 17.1 Å². The molecular weight excluding hydrogens is 494 g/mol. The number of benzene rings is 2. The summed E-state index contributed by atoms with van der Waals surface area (Å²) in [7, 11) is 0. The Labute approximate surface area is 221 Å². The summed E-state index contributed by atoms with van der Waals surface area (Å²) in [5, 5.41) is 15.4. The summed E-state index contributed by atoms with van der Waals surface area (Å²) < 4.78 is 2.88. The van der Waals surface area contributed by atoms with E-state index < -0.39 is 12.1 Å². The third kappa shape index (κ3) is 6.34. The molecule has 0 aliphatic carbocycles. The first-order valence-corrected chi connectivity index (χ1v) is 13.1. The number of carbonyl (C=O) groups excluding carboxylic acids is 1. The van der Waals surface area contributed by atoms with E-state index >= 15 is 0 Å². The number of carbonyl (C=O) groups is 2. The molecule has 2 amide bonds. The summed E-state index contributed by atoms with van der Waals surface area (Å²) in [5.74, 6) is 0.318. The van der Waals surface area contributed by atoms with E-state index in [9.17, 15) is 19.5 Å². The Morgan fingerprint density at radius 2 is 1.70 bits per heavy atom. The molecule has 37 heavy (non-hydrogen) atoms. The highest BCUT2D eigenvalue weighted by Crippen LogP contribution is 2.23. The molecule has 198 valence electrons. The fourth-order valence-electron chi connectivity index (χ4n) is 5.07. The molecule has 4 rings (SSSR count). The van der Waals surface area contributed by atoms with E-state index in [1.807, 2.05) is 44.2 Å². The zero-order valence-corrected chi connectivity index (χ0v) is 21.9. The number of halogens is 1. The third-order valence-corrected chi connectivity index (χ3v) is 7.30. The number of aromatic nitrogens is 2. The fraction of sp³-hybridized carbons (Fsp3) is 0.444. The van der Waals surface area contributed by atoms with Crippen LogP contribution in [-0.4, -0.2) is 57.4 Å². The lowest BCUT2D eigenvalue weighted by Gasteiger charge is -2.33. The normalized spacial score (nSPS) is 15.7. The van der Waals surface area contributed by atoms with Gasteiger partial charge >= 0.3 is 17.8 Å². The average Bonchev–Trinajstić information content (AvgIpc) is 3.18. The van der Waals surface area contributed by atoms with Crippen LogP contribution in [0.15, 0.2) is 53.3 Å². The number of nitrogens with one attached hydrogen (secondary N) is 2. The minimum absolute atomic E-state index is 0.0548. The molecule has 3 N–H and O–H groups in total. The fourth-order valence-corrected chi connectivity index (χ4v) is 5.19. The molecule has 1 aliphatic rings. The van der Waals surface area contributed by atoms with Crippen molar-refractivity contribution in [1.82, 2.24) is 24.7 Å². The lowest BCUT2D eigenvalue weighted by molar-refractivity contribution is 0.168. The minimum atomic E-state index is -1.05. The van der Waals surface area contributed by atoms with Crippen molar-refractivity contribution < 1.29 is 14.7 Å². The highest BCUT2D eigenvalue weighted by Gasteiger charge is 2.24. The van der Waals surface area contributed by atoms with Crippen molar-refractivity contribution in [3.8, 4) is 0 Å². The highest BCUT2D eigenvalue weighted by molar-refractivity contribution is 6.30. The van der Waals surface area contributed by atoms with Crippen LogP contribution in [0.2, 0.25) is 5.02 Å². The van der Waals surface area contributed by atoms with Gasteiger partial charge in [0.1, 0.15) is 0 Å². The van der Waals surface area contributed by atoms with Gasteiger partial charge in [0.2, 0.25) is 0 Å². The second kappa shape index (κ2) is 11.8. The quantitative estimate of drug-likeness (QED) is 0.393. The molecule has 2 aromatic carbocycles. The summed E-state index contributed by atoms with van der Waals surface area (Å²) in [6, 6.07) is 13.8. The van der Waals surface area contributed by atoms with Gasteiger partial charge < -0.3 is 20.6 Å². The molecule has 2 heterocycles. The first-order chi connectivity index (χ1) is 17.7. The third-order valence-electron chi connectivity index (χ3n) is 7.05. The Bertz CT molecular complexity index is 1290. The summed E-state index contributed by atoms with van der Waals surface area (Å²) >= 11 is 5.97. The van der Waals surface area contributed by atoms with Gasteiger partial charge in [-0.25, -0.2) is 19.0 Å². The van der Waals surface area contributed by atoms with Crippen LogP contribution in [0.4, 0.5) is 9.59 Å². The topological polar surface area (TPSA) is 109 Å². The van der Waals surface area contributed by atoms with Gasteiger partial charge in [0.15, 0.2) is 0 Å². The van der Waals surface area contributed by atoms with Crippen molar-refractivity contribution in [2.45, 2.75) is 45.2 Å². The van der Waals surface area contributed by atoms with Gasteiger partial charge in [-0.05, 0) is 81.9 Å². The van der Waals surface area contributed by atoms with Crippen LogP contribution in [0.5, 0.6) is 0 Å². The van der Waals surface area contributed by atoms with Crippen molar-refractivity contribution in [3.63, 3.8) is 0 Å². The van der Waals surface area contributed by atoms with Crippen LogP contribution in [0.25, 0.3) is 11.0 Å². The van der Waals surface area contributed by atoms with Crippen LogP contribution in [0.1, 0.15) is 50.8 Å². The zero-order valence-electron chi connectivity index (χ0n) is 21.2. The monoisotopic (exact) mass is 527 g/mol. The molecule has 1 saturated heterocycles. The molecule has 1 aromatic heterocycles. The predicted octanol–water partition coefficient (Wildman–Crippen LogP) is 4.71. The highest BCUT2D eigenvalue weighted by atomic mass is 35.5. The molecule has 0 spiro atoms. The zero-order chi connectivity index (χ0) is 26.5. The Kier molecular flexibility index (Phi) is 8.56. The molecule has 1 unspecified atom stereocenters. The van der Waals surface area contributed by atoms with Gasteiger partial charge in [-0.2, -0.15) is 0 Å². The number of fused-ring (bicyclic) bond motifs is 1. The molecule has 0 saturated carbocycles. The van der Waals surface area contributed by atoms with Crippen LogP contribution < -0.4 is 16.3 Å². The molecule has 1 aliphatic heterocycles. The van der Waals surface area contributed by atoms with Crippen molar-refractivity contribution in [2.75, 3.05) is 26.2 Å². The number of hydrogen-bond donors (Lipinski definition) is 3. The van der Waals surface area contributed by atoms with Crippen LogP contribution in [-0.2, 0) is 0 Å². The Hall–Kier alpha value is -3.30. The van der Waals surface area contributed by atoms with E-state index in [1.165, 1.54) is 4.57 Å². The SMILES string of the molecule is CC(C)n1c(=O)n(C(=O)NCC2CCN(CCC(NC(=O)O)c3ccc(Cl)cc3)CC2)c2ccccc21. The molecule has 0 radical (unpaired) electrons. The molecule has 1 fully saturated rings. The number of amides is 2. The second-order valence-corrected chi connectivity index (χ2v) is 10.3. The van der Waals surface area contributed by atoms with E-state index in [-0.39, 0.29) is 17.8 Å². The molecular formula is C27H34ClN5O4. The average molecular weight is 528 g/mol. The van der Waals surface area contributed by atoms with Crippen molar-refractivity contribution in [1.29, 1.82) is 0 Å². The summed E-state index contributed by atoms with van der Waals surface area (Å²) in [4.78, 5) is 39.6. The molecule has 1 atom stereocenters. The maximum absolute atomic E-state index is 13.0. The number of carboxylic acid groups (broad SMARTS) is 1. The number of nitrogens with zero attached hydrogens (tertiary/aromatic N) is 3. The molecule has 3 aromatic rings. The van der Waals surface area contributed by atoms with Gasteiger partial charge in [-0.1, -0.05) is 35.9 Å². The number of hydrogen-bond acceptors (Lipinski definition) is 4. The first-order valence-electron chi connectivity index (χ1n) is 12.7. The minimum Gasteiger partial charge on any atom is -0.465 e. The number of piperidine rings is 1. The van der Waals surface area contributed by atoms with Crippen molar-refractivity contribution >= 4 is 34.8 Å². The number of para-hydroxylation sites is 2. The predicted molar refractivity (Wildman–Crippen MR) is 145 cm³/mol. The largest absolute Gasteiger partial charge is 0.465 e. The number of imidazole rings is 1. The van der Waals surface area contributed by atoms with Crippen LogP contribution in [0, 0.1) is 5.92 Å². The van der Waals surface area contributed by atoms with Gasteiger partial charge in [-0.3, -0.25) is 4.57 Å². The maximum Gasteiger partial charge on any atom is 0.405 e. The van der Waals surface area contributed by atoms with E-state index in [0.717, 1.165) is 43.6 Å². The molecule has 9 nitrogen and oxygen atoms in total. The van der Waals surface area contributed by atoms with Gasteiger partial charge in [0, 0.05) is 24.2 Å². The second-order valence-electron chi connectivity index (χ2n) is 9.88. The number of likely N-dealkylation sites (tertiary alicyclic amines) is 1. The van der Waals surface area contributed by atoms with Gasteiger partial charge in [-0.15, -0.1) is 0 Å². The number of rotatable bonds is 8. The summed E-state index contributed by atoms with van der Waals surface area (Å²) in [6.07, 6.45) is 1.44.